The van der Waals surface area contributed by atoms with Crippen molar-refractivity contribution >= 4 is 30.1 Å². The van der Waals surface area contributed by atoms with Crippen LogP contribution >= 0.6 is 11.6 Å². The highest BCUT2D eigenvalue weighted by atomic mass is 35.5. The predicted molar refractivity (Wildman–Crippen MR) is 81.5 cm³/mol. The van der Waals surface area contributed by atoms with E-state index in [4.69, 9.17) is 16.3 Å². The Morgan fingerprint density at radius 2 is 2.05 bits per heavy atom. The summed E-state index contributed by atoms with van der Waals surface area (Å²) in [6, 6.07) is 12.4. The smallest absolute Gasteiger partial charge is 0.423 e. The molecule has 0 aromatic heterocycles. The second-order valence-electron chi connectivity index (χ2n) is 4.89. The third kappa shape index (κ3) is 3.10. The number of fused-ring (bicyclic) bond motifs is 1. The summed E-state index contributed by atoms with van der Waals surface area (Å²) in [6.45, 7) is 0.815. The van der Waals surface area contributed by atoms with Crippen LogP contribution in [0.5, 0.6) is 0 Å². The van der Waals surface area contributed by atoms with Crippen molar-refractivity contribution < 1.29 is 14.5 Å². The van der Waals surface area contributed by atoms with Crippen molar-refractivity contribution in [3.05, 3.63) is 64.2 Å². The Morgan fingerprint density at radius 1 is 1.29 bits per heavy atom. The normalized spacial score (nSPS) is 13.1. The number of benzene rings is 2. The minimum atomic E-state index is -0.869. The molecule has 0 fully saturated rings. The zero-order valence-electron chi connectivity index (χ0n) is 11.2. The fourth-order valence-corrected chi connectivity index (χ4v) is 2.39. The van der Waals surface area contributed by atoms with Crippen molar-refractivity contribution in [1.82, 2.24) is 5.32 Å². The lowest BCUT2D eigenvalue weighted by Gasteiger charge is -2.07. The lowest BCUT2D eigenvalue weighted by atomic mass is 9.79. The van der Waals surface area contributed by atoms with Crippen LogP contribution in [-0.2, 0) is 17.8 Å². The molecule has 0 aliphatic carbocycles. The van der Waals surface area contributed by atoms with Crippen molar-refractivity contribution in [2.45, 2.75) is 13.2 Å². The van der Waals surface area contributed by atoms with E-state index in [2.05, 4.69) is 5.32 Å². The maximum absolute atomic E-state index is 12.0. The molecule has 1 amide bonds. The molecule has 2 aromatic carbocycles. The number of carbonyl (C=O) groups excluding carboxylic acids is 1. The van der Waals surface area contributed by atoms with E-state index in [-0.39, 0.29) is 5.91 Å². The molecule has 0 unspecified atom stereocenters. The van der Waals surface area contributed by atoms with Crippen LogP contribution in [0.3, 0.4) is 0 Å². The van der Waals surface area contributed by atoms with E-state index in [1.165, 1.54) is 0 Å². The van der Waals surface area contributed by atoms with Gasteiger partial charge < -0.3 is 15.0 Å². The number of hydrogen-bond donors (Lipinski definition) is 2. The van der Waals surface area contributed by atoms with E-state index in [0.717, 1.165) is 16.6 Å². The van der Waals surface area contributed by atoms with Crippen LogP contribution in [0.25, 0.3) is 0 Å². The van der Waals surface area contributed by atoms with Gasteiger partial charge in [0.2, 0.25) is 0 Å². The fraction of sp³-hybridized carbons (Fsp3) is 0.133. The van der Waals surface area contributed by atoms with E-state index in [9.17, 15) is 9.82 Å². The van der Waals surface area contributed by atoms with Gasteiger partial charge >= 0.3 is 7.12 Å². The Balaban J connectivity index is 1.66. The van der Waals surface area contributed by atoms with Crippen molar-refractivity contribution in [2.24, 2.45) is 0 Å². The standard InChI is InChI=1S/C15H13BClNO3/c17-13-5-3-11(4-6-13)15(19)18-8-10-1-2-12-9-21-16(20)14(12)7-10/h1-7,20H,8-9H2,(H,18,19). The van der Waals surface area contributed by atoms with Gasteiger partial charge in [0.05, 0.1) is 6.61 Å². The number of hydrogen-bond acceptors (Lipinski definition) is 3. The van der Waals surface area contributed by atoms with Gasteiger partial charge in [0.1, 0.15) is 0 Å². The van der Waals surface area contributed by atoms with E-state index in [1.807, 2.05) is 18.2 Å². The van der Waals surface area contributed by atoms with Gasteiger partial charge in [-0.05, 0) is 40.9 Å². The summed E-state index contributed by atoms with van der Waals surface area (Å²) in [5.74, 6) is -0.163. The molecule has 1 heterocycles. The van der Waals surface area contributed by atoms with E-state index >= 15 is 0 Å². The zero-order valence-corrected chi connectivity index (χ0v) is 11.9. The summed E-state index contributed by atoms with van der Waals surface area (Å²) < 4.78 is 5.14. The molecule has 0 atom stereocenters. The zero-order chi connectivity index (χ0) is 14.8. The molecule has 1 aliphatic heterocycles. The predicted octanol–water partition coefficient (Wildman–Crippen LogP) is 1.49. The Kier molecular flexibility index (Phi) is 3.97. The summed E-state index contributed by atoms with van der Waals surface area (Å²) in [7, 11) is -0.869. The number of amides is 1. The van der Waals surface area contributed by atoms with Gasteiger partial charge in [-0.2, -0.15) is 0 Å². The summed E-state index contributed by atoms with van der Waals surface area (Å²) in [5.41, 5.74) is 3.23. The first-order valence-electron chi connectivity index (χ1n) is 6.58. The molecule has 0 saturated heterocycles. The van der Waals surface area contributed by atoms with Gasteiger partial charge in [0, 0.05) is 17.1 Å². The monoisotopic (exact) mass is 301 g/mol. The molecule has 2 aromatic rings. The molecule has 4 nitrogen and oxygen atoms in total. The van der Waals surface area contributed by atoms with E-state index in [0.29, 0.717) is 23.7 Å². The summed E-state index contributed by atoms with van der Waals surface area (Å²) in [6.07, 6.45) is 0. The second-order valence-corrected chi connectivity index (χ2v) is 5.32. The number of halogens is 1. The van der Waals surface area contributed by atoms with Gasteiger partial charge in [-0.15, -0.1) is 0 Å². The number of carbonyl (C=O) groups is 1. The molecule has 0 bridgehead atoms. The average molecular weight is 302 g/mol. The Morgan fingerprint density at radius 3 is 2.81 bits per heavy atom. The second kappa shape index (κ2) is 5.89. The topological polar surface area (TPSA) is 58.6 Å². The van der Waals surface area contributed by atoms with Crippen LogP contribution in [0.1, 0.15) is 21.5 Å². The quantitative estimate of drug-likeness (QED) is 0.845. The molecule has 21 heavy (non-hydrogen) atoms. The Labute approximate surface area is 127 Å². The molecular formula is C15H13BClNO3. The van der Waals surface area contributed by atoms with E-state index in [1.54, 1.807) is 24.3 Å². The molecule has 106 valence electrons. The fourth-order valence-electron chi connectivity index (χ4n) is 2.26. The Hall–Kier alpha value is -1.82. The summed E-state index contributed by atoms with van der Waals surface area (Å²) in [4.78, 5) is 12.0. The first-order chi connectivity index (χ1) is 10.1. The van der Waals surface area contributed by atoms with E-state index < -0.39 is 7.12 Å². The number of rotatable bonds is 3. The average Bonchev–Trinajstić information content (AvgIpc) is 2.87. The lowest BCUT2D eigenvalue weighted by Crippen LogP contribution is -2.29. The van der Waals surface area contributed by atoms with Gasteiger partial charge in [-0.3, -0.25) is 4.79 Å². The van der Waals surface area contributed by atoms with Crippen LogP contribution in [0.4, 0.5) is 0 Å². The first kappa shape index (κ1) is 14.1. The van der Waals surface area contributed by atoms with Crippen LogP contribution in [-0.4, -0.2) is 18.0 Å². The van der Waals surface area contributed by atoms with Gasteiger partial charge in [0.25, 0.3) is 5.91 Å². The van der Waals surface area contributed by atoms with Crippen molar-refractivity contribution in [2.75, 3.05) is 0 Å². The molecule has 2 N–H and O–H groups in total. The largest absolute Gasteiger partial charge is 0.491 e. The van der Waals surface area contributed by atoms with Crippen LogP contribution in [0, 0.1) is 0 Å². The summed E-state index contributed by atoms with van der Waals surface area (Å²) in [5, 5.41) is 13.1. The molecule has 1 aliphatic rings. The molecule has 0 saturated carbocycles. The molecular weight excluding hydrogens is 288 g/mol. The van der Waals surface area contributed by atoms with Crippen molar-refractivity contribution in [1.29, 1.82) is 0 Å². The SMILES string of the molecule is O=C(NCc1ccc2c(c1)B(O)OC2)c1ccc(Cl)cc1. The maximum Gasteiger partial charge on any atom is 0.491 e. The third-order valence-corrected chi connectivity index (χ3v) is 3.68. The van der Waals surface area contributed by atoms with Crippen molar-refractivity contribution in [3.63, 3.8) is 0 Å². The van der Waals surface area contributed by atoms with Crippen LogP contribution in [0.15, 0.2) is 42.5 Å². The molecule has 0 spiro atoms. The lowest BCUT2D eigenvalue weighted by molar-refractivity contribution is 0.0951. The third-order valence-electron chi connectivity index (χ3n) is 3.43. The number of nitrogens with one attached hydrogen (secondary N) is 1. The van der Waals surface area contributed by atoms with Gasteiger partial charge in [0.15, 0.2) is 0 Å². The maximum atomic E-state index is 12.0. The van der Waals surface area contributed by atoms with Crippen LogP contribution in [0.2, 0.25) is 5.02 Å². The van der Waals surface area contributed by atoms with Crippen LogP contribution < -0.4 is 10.8 Å². The highest BCUT2D eigenvalue weighted by Crippen LogP contribution is 2.12. The van der Waals surface area contributed by atoms with Gasteiger partial charge in [-0.1, -0.05) is 29.8 Å². The van der Waals surface area contributed by atoms with Crippen molar-refractivity contribution in [3.8, 4) is 0 Å². The Bertz CT molecular complexity index is 675. The highest BCUT2D eigenvalue weighted by molar-refractivity contribution is 6.61. The highest BCUT2D eigenvalue weighted by Gasteiger charge is 2.27. The minimum absolute atomic E-state index is 0.163. The first-order valence-corrected chi connectivity index (χ1v) is 6.96. The molecule has 0 radical (unpaired) electrons. The minimum Gasteiger partial charge on any atom is -0.423 e. The molecule has 6 heteroatoms. The summed E-state index contributed by atoms with van der Waals surface area (Å²) >= 11 is 5.79. The van der Waals surface area contributed by atoms with Gasteiger partial charge in [-0.25, -0.2) is 0 Å². The molecule has 3 rings (SSSR count).